The Morgan fingerprint density at radius 1 is 1.04 bits per heavy atom. The molecule has 0 aliphatic rings. The molecule has 0 aliphatic heterocycles. The van der Waals surface area contributed by atoms with E-state index >= 15 is 0 Å². The summed E-state index contributed by atoms with van der Waals surface area (Å²) in [5.41, 5.74) is 0.253. The van der Waals surface area contributed by atoms with Crippen molar-refractivity contribution in [2.24, 2.45) is 0 Å². The van der Waals surface area contributed by atoms with E-state index < -0.39 is 23.4 Å². The molecule has 0 radical (unpaired) electrons. The zero-order valence-electron chi connectivity index (χ0n) is 13.8. The standard InChI is InChI=1S/C18H19F3N2O/c1-4-23(5-2)18(24)12-7-8-13(19)16(21)17(12)22-15-9-6-11(3)10-14(15)20/h6-10,22H,4-5H2,1-3H3. The third-order valence-corrected chi connectivity index (χ3v) is 3.76. The number of halogens is 3. The number of carbonyl (C=O) groups excluding carboxylic acids is 1. The molecule has 128 valence electrons. The summed E-state index contributed by atoms with van der Waals surface area (Å²) in [5.74, 6) is -3.39. The molecule has 0 aliphatic carbocycles. The highest BCUT2D eigenvalue weighted by molar-refractivity contribution is 6.00. The Labute approximate surface area is 139 Å². The first-order chi connectivity index (χ1) is 11.4. The molecule has 0 aromatic heterocycles. The van der Waals surface area contributed by atoms with E-state index in [1.54, 1.807) is 26.8 Å². The number of nitrogens with one attached hydrogen (secondary N) is 1. The highest BCUT2D eigenvalue weighted by Crippen LogP contribution is 2.29. The highest BCUT2D eigenvalue weighted by atomic mass is 19.2. The number of aryl methyl sites for hydroxylation is 1. The van der Waals surface area contributed by atoms with Gasteiger partial charge in [-0.3, -0.25) is 4.79 Å². The van der Waals surface area contributed by atoms with Crippen molar-refractivity contribution in [1.29, 1.82) is 0 Å². The van der Waals surface area contributed by atoms with E-state index in [-0.39, 0.29) is 16.9 Å². The number of amides is 1. The maximum atomic E-state index is 14.3. The van der Waals surface area contributed by atoms with Crippen molar-refractivity contribution in [1.82, 2.24) is 4.90 Å². The normalized spacial score (nSPS) is 10.6. The summed E-state index contributed by atoms with van der Waals surface area (Å²) >= 11 is 0. The number of rotatable bonds is 5. The molecule has 0 fully saturated rings. The van der Waals surface area contributed by atoms with Gasteiger partial charge in [0.15, 0.2) is 11.6 Å². The zero-order valence-corrected chi connectivity index (χ0v) is 13.8. The Bertz CT molecular complexity index is 758. The molecule has 1 amide bonds. The molecule has 0 spiro atoms. The molecule has 24 heavy (non-hydrogen) atoms. The van der Waals surface area contributed by atoms with Gasteiger partial charge in [-0.2, -0.15) is 0 Å². The Kier molecular flexibility index (Phi) is 5.49. The average Bonchev–Trinajstić information content (AvgIpc) is 2.55. The number of nitrogens with zero attached hydrogens (tertiary/aromatic N) is 1. The minimum atomic E-state index is -1.21. The summed E-state index contributed by atoms with van der Waals surface area (Å²) in [6.45, 7) is 6.13. The van der Waals surface area contributed by atoms with Crippen LogP contribution in [0, 0.1) is 24.4 Å². The van der Waals surface area contributed by atoms with Crippen LogP contribution in [0.2, 0.25) is 0 Å². The van der Waals surface area contributed by atoms with E-state index in [4.69, 9.17) is 0 Å². The molecule has 1 N–H and O–H groups in total. The van der Waals surface area contributed by atoms with Gasteiger partial charge in [0, 0.05) is 13.1 Å². The number of carbonyl (C=O) groups is 1. The van der Waals surface area contributed by atoms with Gasteiger partial charge < -0.3 is 10.2 Å². The topological polar surface area (TPSA) is 32.3 Å². The molecule has 0 unspecified atom stereocenters. The SMILES string of the molecule is CCN(CC)C(=O)c1ccc(F)c(F)c1Nc1ccc(C)cc1F. The van der Waals surface area contributed by atoms with Crippen LogP contribution < -0.4 is 5.32 Å². The lowest BCUT2D eigenvalue weighted by Gasteiger charge is -2.21. The average molecular weight is 336 g/mol. The van der Waals surface area contributed by atoms with Crippen molar-refractivity contribution in [2.45, 2.75) is 20.8 Å². The van der Waals surface area contributed by atoms with Gasteiger partial charge in [0.1, 0.15) is 5.82 Å². The Hall–Kier alpha value is -2.50. The van der Waals surface area contributed by atoms with E-state index in [9.17, 15) is 18.0 Å². The first-order valence-electron chi connectivity index (χ1n) is 7.69. The second-order valence-electron chi connectivity index (χ2n) is 5.37. The fourth-order valence-corrected chi connectivity index (χ4v) is 2.39. The van der Waals surface area contributed by atoms with Crippen LogP contribution in [0.25, 0.3) is 0 Å². The van der Waals surface area contributed by atoms with E-state index in [1.807, 2.05) is 0 Å². The van der Waals surface area contributed by atoms with Crippen LogP contribution in [0.5, 0.6) is 0 Å². The molecule has 2 rings (SSSR count). The third kappa shape index (κ3) is 3.53. The van der Waals surface area contributed by atoms with Crippen LogP contribution in [-0.2, 0) is 0 Å². The minimum absolute atomic E-state index is 0.0290. The van der Waals surface area contributed by atoms with Gasteiger partial charge in [-0.1, -0.05) is 6.07 Å². The van der Waals surface area contributed by atoms with Crippen molar-refractivity contribution in [3.05, 3.63) is 58.9 Å². The van der Waals surface area contributed by atoms with Crippen molar-refractivity contribution in [3.63, 3.8) is 0 Å². The van der Waals surface area contributed by atoms with Crippen LogP contribution >= 0.6 is 0 Å². The van der Waals surface area contributed by atoms with Crippen LogP contribution in [0.3, 0.4) is 0 Å². The van der Waals surface area contributed by atoms with Gasteiger partial charge in [0.2, 0.25) is 0 Å². The monoisotopic (exact) mass is 336 g/mol. The molecule has 0 atom stereocenters. The molecule has 6 heteroatoms. The second kappa shape index (κ2) is 7.38. The van der Waals surface area contributed by atoms with E-state index in [0.717, 1.165) is 6.07 Å². The molecule has 2 aromatic carbocycles. The Morgan fingerprint density at radius 3 is 2.29 bits per heavy atom. The van der Waals surface area contributed by atoms with Crippen molar-refractivity contribution in [3.8, 4) is 0 Å². The van der Waals surface area contributed by atoms with E-state index in [0.29, 0.717) is 18.7 Å². The van der Waals surface area contributed by atoms with E-state index in [1.165, 1.54) is 23.1 Å². The van der Waals surface area contributed by atoms with Crippen LogP contribution in [0.1, 0.15) is 29.8 Å². The summed E-state index contributed by atoms with van der Waals surface area (Å²) in [7, 11) is 0. The zero-order chi connectivity index (χ0) is 17.9. The second-order valence-corrected chi connectivity index (χ2v) is 5.37. The van der Waals surface area contributed by atoms with Gasteiger partial charge in [-0.05, 0) is 50.6 Å². The largest absolute Gasteiger partial charge is 0.350 e. The Morgan fingerprint density at radius 2 is 1.71 bits per heavy atom. The quantitative estimate of drug-likeness (QED) is 0.863. The lowest BCUT2D eigenvalue weighted by molar-refractivity contribution is 0.0773. The summed E-state index contributed by atoms with van der Waals surface area (Å²) in [5, 5.41) is 2.52. The first kappa shape index (κ1) is 17.8. The fraction of sp³-hybridized carbons (Fsp3) is 0.278. The smallest absolute Gasteiger partial charge is 0.256 e. The summed E-state index contributed by atoms with van der Waals surface area (Å²) in [6.07, 6.45) is 0. The van der Waals surface area contributed by atoms with E-state index in [2.05, 4.69) is 5.32 Å². The van der Waals surface area contributed by atoms with Crippen molar-refractivity contribution in [2.75, 3.05) is 18.4 Å². The molecule has 2 aromatic rings. The molecular formula is C18H19F3N2O. The summed E-state index contributed by atoms with van der Waals surface area (Å²) in [4.78, 5) is 14.0. The van der Waals surface area contributed by atoms with Gasteiger partial charge in [0.25, 0.3) is 5.91 Å². The van der Waals surface area contributed by atoms with Crippen LogP contribution in [0.15, 0.2) is 30.3 Å². The van der Waals surface area contributed by atoms with Crippen molar-refractivity contribution < 1.29 is 18.0 Å². The minimum Gasteiger partial charge on any atom is -0.350 e. The van der Waals surface area contributed by atoms with Gasteiger partial charge in [-0.25, -0.2) is 13.2 Å². The fourth-order valence-electron chi connectivity index (χ4n) is 2.39. The number of hydrogen-bond acceptors (Lipinski definition) is 2. The molecule has 0 bridgehead atoms. The van der Waals surface area contributed by atoms with Crippen molar-refractivity contribution >= 4 is 17.3 Å². The maximum Gasteiger partial charge on any atom is 0.256 e. The molecular weight excluding hydrogens is 317 g/mol. The predicted octanol–water partition coefficient (Wildman–Crippen LogP) is 4.64. The predicted molar refractivity (Wildman–Crippen MR) is 88.0 cm³/mol. The maximum absolute atomic E-state index is 14.3. The van der Waals surface area contributed by atoms with Crippen LogP contribution in [0.4, 0.5) is 24.5 Å². The molecule has 3 nitrogen and oxygen atoms in total. The van der Waals surface area contributed by atoms with Gasteiger partial charge >= 0.3 is 0 Å². The Balaban J connectivity index is 2.51. The number of benzene rings is 2. The van der Waals surface area contributed by atoms with Gasteiger partial charge in [-0.15, -0.1) is 0 Å². The van der Waals surface area contributed by atoms with Crippen LogP contribution in [-0.4, -0.2) is 23.9 Å². The third-order valence-electron chi connectivity index (χ3n) is 3.76. The summed E-state index contributed by atoms with van der Waals surface area (Å²) < 4.78 is 41.9. The highest BCUT2D eigenvalue weighted by Gasteiger charge is 2.22. The number of hydrogen-bond donors (Lipinski definition) is 1. The van der Waals surface area contributed by atoms with Gasteiger partial charge in [0.05, 0.1) is 16.9 Å². The number of anilines is 2. The summed E-state index contributed by atoms with van der Waals surface area (Å²) in [6, 6.07) is 6.41. The first-order valence-corrected chi connectivity index (χ1v) is 7.69. The molecule has 0 saturated carbocycles. The lowest BCUT2D eigenvalue weighted by Crippen LogP contribution is -2.31. The lowest BCUT2D eigenvalue weighted by atomic mass is 10.1. The molecule has 0 saturated heterocycles. The molecule has 0 heterocycles.